The van der Waals surface area contributed by atoms with Crippen molar-refractivity contribution in [2.75, 3.05) is 10.6 Å². The van der Waals surface area contributed by atoms with E-state index >= 15 is 0 Å². The minimum Gasteiger partial charge on any atom is -0.481 e. The summed E-state index contributed by atoms with van der Waals surface area (Å²) in [6.45, 7) is 3.20. The fraction of sp³-hybridized carbons (Fsp3) is 0.211. The number of benzene rings is 2. The lowest BCUT2D eigenvalue weighted by Gasteiger charge is -2.06. The third-order valence-corrected chi connectivity index (χ3v) is 2.67. The van der Waals surface area contributed by atoms with Crippen molar-refractivity contribution in [1.82, 2.24) is 0 Å². The number of anilines is 2. The van der Waals surface area contributed by atoms with E-state index in [1.165, 1.54) is 0 Å². The van der Waals surface area contributed by atoms with E-state index in [2.05, 4.69) is 10.6 Å². The Labute approximate surface area is 152 Å². The average molecular weight is 360 g/mol. The van der Waals surface area contributed by atoms with Gasteiger partial charge in [0.15, 0.2) is 0 Å². The molecule has 0 bridgehead atoms. The molecule has 0 aliphatic carbocycles. The second kappa shape index (κ2) is 14.0. The van der Waals surface area contributed by atoms with Gasteiger partial charge in [-0.15, -0.1) is 0 Å². The van der Waals surface area contributed by atoms with Gasteiger partial charge in [0.25, 0.3) is 0 Å². The van der Waals surface area contributed by atoms with E-state index in [9.17, 15) is 14.4 Å². The van der Waals surface area contributed by atoms with Crippen LogP contribution in [0.4, 0.5) is 16.2 Å². The van der Waals surface area contributed by atoms with Gasteiger partial charge in [0.1, 0.15) is 0 Å². The van der Waals surface area contributed by atoms with E-state index < -0.39 is 11.9 Å². The van der Waals surface area contributed by atoms with Gasteiger partial charge >= 0.3 is 18.0 Å². The highest BCUT2D eigenvalue weighted by atomic mass is 16.4. The molecule has 4 N–H and O–H groups in total. The van der Waals surface area contributed by atoms with Gasteiger partial charge in [0.05, 0.1) is 0 Å². The van der Waals surface area contributed by atoms with Crippen molar-refractivity contribution >= 4 is 29.3 Å². The molecule has 2 aromatic carbocycles. The smallest absolute Gasteiger partial charge is 0.323 e. The van der Waals surface area contributed by atoms with Crippen LogP contribution in [0.2, 0.25) is 0 Å². The normalized spacial score (nSPS) is 8.69. The molecule has 0 spiro atoms. The van der Waals surface area contributed by atoms with Gasteiger partial charge in [-0.3, -0.25) is 9.59 Å². The molecule has 0 unspecified atom stereocenters. The monoisotopic (exact) mass is 360 g/mol. The zero-order valence-corrected chi connectivity index (χ0v) is 14.8. The first-order valence-corrected chi connectivity index (χ1v) is 8.00. The molecular weight excluding hydrogens is 336 g/mol. The van der Waals surface area contributed by atoms with Crippen LogP contribution in [0.5, 0.6) is 0 Å². The summed E-state index contributed by atoms with van der Waals surface area (Å²) in [6, 6.07) is 18.4. The van der Waals surface area contributed by atoms with E-state index in [0.29, 0.717) is 0 Å². The van der Waals surface area contributed by atoms with Gasteiger partial charge < -0.3 is 20.8 Å². The predicted molar refractivity (Wildman–Crippen MR) is 101 cm³/mol. The molecular formula is C19H24N2O5. The number of carbonyl (C=O) groups excluding carboxylic acids is 1. The van der Waals surface area contributed by atoms with Crippen LogP contribution in [-0.2, 0) is 9.59 Å². The van der Waals surface area contributed by atoms with Crippen LogP contribution in [0.3, 0.4) is 0 Å². The number of aliphatic carboxylic acids is 2. The van der Waals surface area contributed by atoms with Crippen LogP contribution >= 0.6 is 0 Å². The summed E-state index contributed by atoms with van der Waals surface area (Å²) < 4.78 is 0. The van der Waals surface area contributed by atoms with Crippen LogP contribution in [0.1, 0.15) is 26.7 Å². The largest absolute Gasteiger partial charge is 0.481 e. The topological polar surface area (TPSA) is 116 Å². The lowest BCUT2D eigenvalue weighted by Crippen LogP contribution is -2.19. The van der Waals surface area contributed by atoms with Gasteiger partial charge in [0, 0.05) is 24.2 Å². The lowest BCUT2D eigenvalue weighted by molar-refractivity contribution is -0.137. The maximum atomic E-state index is 11.6. The van der Waals surface area contributed by atoms with Crippen molar-refractivity contribution in [3.05, 3.63) is 60.7 Å². The van der Waals surface area contributed by atoms with E-state index in [1.54, 1.807) is 13.8 Å². The molecule has 2 amide bonds. The first kappa shape index (κ1) is 22.7. The van der Waals surface area contributed by atoms with Crippen LogP contribution in [0.25, 0.3) is 0 Å². The molecule has 7 heteroatoms. The average Bonchev–Trinajstić information content (AvgIpc) is 2.64. The fourth-order valence-corrected chi connectivity index (χ4v) is 1.34. The summed E-state index contributed by atoms with van der Waals surface area (Å²) in [4.78, 5) is 30.3. The van der Waals surface area contributed by atoms with Crippen LogP contribution < -0.4 is 10.6 Å². The van der Waals surface area contributed by atoms with E-state index in [1.807, 2.05) is 60.7 Å². The van der Waals surface area contributed by atoms with E-state index in [0.717, 1.165) is 11.4 Å². The van der Waals surface area contributed by atoms with Crippen molar-refractivity contribution in [1.29, 1.82) is 0 Å². The SMILES string of the molecule is CCC(=O)O.CCC(=O)O.O=C(Nc1ccccc1)Nc1ccccc1. The van der Waals surface area contributed by atoms with Gasteiger partial charge in [-0.05, 0) is 24.3 Å². The highest BCUT2D eigenvalue weighted by molar-refractivity contribution is 5.99. The molecule has 0 aliphatic heterocycles. The Morgan fingerprint density at radius 3 is 1.19 bits per heavy atom. The van der Waals surface area contributed by atoms with Crippen molar-refractivity contribution in [3.63, 3.8) is 0 Å². The van der Waals surface area contributed by atoms with Crippen molar-refractivity contribution < 1.29 is 24.6 Å². The zero-order chi connectivity index (χ0) is 19.8. The summed E-state index contributed by atoms with van der Waals surface area (Å²) in [5.41, 5.74) is 1.55. The fourth-order valence-electron chi connectivity index (χ4n) is 1.34. The summed E-state index contributed by atoms with van der Waals surface area (Å²) >= 11 is 0. The molecule has 140 valence electrons. The number of rotatable bonds is 4. The van der Waals surface area contributed by atoms with Crippen LogP contribution in [0.15, 0.2) is 60.7 Å². The number of carbonyl (C=O) groups is 3. The minimum atomic E-state index is -0.745. The molecule has 7 nitrogen and oxygen atoms in total. The number of para-hydroxylation sites is 2. The first-order chi connectivity index (χ1) is 12.4. The van der Waals surface area contributed by atoms with Crippen LogP contribution in [0, 0.1) is 0 Å². The Morgan fingerprint density at radius 2 is 0.962 bits per heavy atom. The zero-order valence-electron chi connectivity index (χ0n) is 14.8. The maximum absolute atomic E-state index is 11.6. The Balaban J connectivity index is 0.000000520. The van der Waals surface area contributed by atoms with Gasteiger partial charge in [0.2, 0.25) is 0 Å². The maximum Gasteiger partial charge on any atom is 0.323 e. The molecule has 0 atom stereocenters. The third kappa shape index (κ3) is 13.1. The Hall–Kier alpha value is -3.35. The van der Waals surface area contributed by atoms with Crippen molar-refractivity contribution in [2.24, 2.45) is 0 Å². The van der Waals surface area contributed by atoms with Gasteiger partial charge in [-0.1, -0.05) is 50.2 Å². The number of carboxylic acid groups (broad SMARTS) is 2. The molecule has 0 saturated carbocycles. The Bertz CT molecular complexity index is 603. The highest BCUT2D eigenvalue weighted by Crippen LogP contribution is 2.08. The highest BCUT2D eigenvalue weighted by Gasteiger charge is 2.00. The first-order valence-electron chi connectivity index (χ1n) is 8.00. The summed E-state index contributed by atoms with van der Waals surface area (Å²) in [7, 11) is 0. The Morgan fingerprint density at radius 1 is 0.692 bits per heavy atom. The number of amides is 2. The molecule has 0 aromatic heterocycles. The second-order valence-corrected chi connectivity index (χ2v) is 4.81. The van der Waals surface area contributed by atoms with Crippen molar-refractivity contribution in [3.8, 4) is 0 Å². The third-order valence-electron chi connectivity index (χ3n) is 2.67. The van der Waals surface area contributed by atoms with Crippen LogP contribution in [-0.4, -0.2) is 28.2 Å². The number of carboxylic acids is 2. The number of nitrogens with one attached hydrogen (secondary N) is 2. The molecule has 0 heterocycles. The summed E-state index contributed by atoms with van der Waals surface area (Å²) in [5.74, 6) is -1.49. The van der Waals surface area contributed by atoms with E-state index in [-0.39, 0.29) is 18.9 Å². The van der Waals surface area contributed by atoms with Crippen molar-refractivity contribution in [2.45, 2.75) is 26.7 Å². The molecule has 0 radical (unpaired) electrons. The molecule has 26 heavy (non-hydrogen) atoms. The Kier molecular flexibility index (Phi) is 12.2. The van der Waals surface area contributed by atoms with E-state index in [4.69, 9.17) is 10.2 Å². The second-order valence-electron chi connectivity index (χ2n) is 4.81. The molecule has 0 aliphatic rings. The minimum absolute atomic E-state index is 0.222. The summed E-state index contributed by atoms with van der Waals surface area (Å²) in [5, 5.41) is 20.9. The molecule has 2 aromatic rings. The lowest BCUT2D eigenvalue weighted by atomic mass is 10.3. The number of hydrogen-bond donors (Lipinski definition) is 4. The predicted octanol–water partition coefficient (Wildman–Crippen LogP) is 4.29. The summed E-state index contributed by atoms with van der Waals surface area (Å²) in [6.07, 6.45) is 0.444. The van der Waals surface area contributed by atoms with Gasteiger partial charge in [-0.2, -0.15) is 0 Å². The quantitative estimate of drug-likeness (QED) is 0.649. The molecule has 0 saturated heterocycles. The number of urea groups is 1. The van der Waals surface area contributed by atoms with Gasteiger partial charge in [-0.25, -0.2) is 4.79 Å². The molecule has 2 rings (SSSR count). The molecule has 0 fully saturated rings. The standard InChI is InChI=1S/C13H12N2O.2C3H6O2/c16-13(14-11-7-3-1-4-8-11)15-12-9-5-2-6-10-12;2*1-2-3(4)5/h1-10H,(H2,14,15,16);2*2H2,1H3,(H,4,5). The number of hydrogen-bond acceptors (Lipinski definition) is 3.